The predicted molar refractivity (Wildman–Crippen MR) is 115 cm³/mol. The number of rotatable bonds is 5. The van der Waals surface area contributed by atoms with Crippen LogP contribution in [0.4, 0.5) is 10.1 Å². The molecule has 1 aliphatic heterocycles. The molecule has 160 valence electrons. The number of carbonyl (C=O) groups excluding carboxylic acids is 2. The number of halogens is 1. The molecule has 0 radical (unpaired) electrons. The molecule has 2 amide bonds. The number of fused-ring (bicyclic) bond motifs is 1. The van der Waals surface area contributed by atoms with E-state index in [4.69, 9.17) is 0 Å². The highest BCUT2D eigenvalue weighted by atomic mass is 19.1. The summed E-state index contributed by atoms with van der Waals surface area (Å²) in [5.74, 6) is 0.161. The van der Waals surface area contributed by atoms with Gasteiger partial charge in [-0.1, -0.05) is 24.6 Å². The van der Waals surface area contributed by atoms with E-state index in [1.54, 1.807) is 37.3 Å². The van der Waals surface area contributed by atoms with Gasteiger partial charge in [0.2, 0.25) is 5.91 Å². The molecule has 0 saturated carbocycles. The van der Waals surface area contributed by atoms with Crippen LogP contribution >= 0.6 is 0 Å². The third-order valence-corrected chi connectivity index (χ3v) is 5.36. The molecule has 2 N–H and O–H groups in total. The minimum atomic E-state index is -0.773. The summed E-state index contributed by atoms with van der Waals surface area (Å²) in [6, 6.07) is 12.2. The SMILES string of the molecule is CC(NC(=O)c1ccccc1)C(=O)Nc1ccc(F)c(-c2nnc3n2CCCCC3)c1. The quantitative estimate of drug-likeness (QED) is 0.659. The second-order valence-electron chi connectivity index (χ2n) is 7.65. The first-order valence-corrected chi connectivity index (χ1v) is 10.4. The summed E-state index contributed by atoms with van der Waals surface area (Å²) in [6.07, 6.45) is 3.97. The molecule has 2 aromatic carbocycles. The lowest BCUT2D eigenvalue weighted by atomic mass is 10.1. The van der Waals surface area contributed by atoms with E-state index in [1.165, 1.54) is 12.1 Å². The van der Waals surface area contributed by atoms with Crippen LogP contribution in [0.2, 0.25) is 0 Å². The minimum Gasteiger partial charge on any atom is -0.341 e. The van der Waals surface area contributed by atoms with Crippen LogP contribution < -0.4 is 10.6 Å². The van der Waals surface area contributed by atoms with Gasteiger partial charge in [-0.2, -0.15) is 0 Å². The van der Waals surface area contributed by atoms with Crippen molar-refractivity contribution in [2.24, 2.45) is 0 Å². The van der Waals surface area contributed by atoms with Crippen molar-refractivity contribution < 1.29 is 14.0 Å². The highest BCUT2D eigenvalue weighted by Gasteiger charge is 2.21. The van der Waals surface area contributed by atoms with Gasteiger partial charge in [-0.05, 0) is 50.1 Å². The topological polar surface area (TPSA) is 88.9 Å². The van der Waals surface area contributed by atoms with E-state index in [0.717, 1.165) is 38.1 Å². The standard InChI is InChI=1S/C23H24FN5O2/c1-15(25-23(31)16-8-4-2-5-9-16)22(30)26-17-11-12-19(24)18(14-17)21-28-27-20-10-6-3-7-13-29(20)21/h2,4-5,8-9,11-12,14-15H,3,6-7,10,13H2,1H3,(H,25,31)(H,26,30). The number of aryl methyl sites for hydroxylation is 1. The first-order valence-electron chi connectivity index (χ1n) is 10.4. The van der Waals surface area contributed by atoms with Crippen molar-refractivity contribution in [2.75, 3.05) is 5.32 Å². The maximum Gasteiger partial charge on any atom is 0.251 e. The summed E-state index contributed by atoms with van der Waals surface area (Å²) in [4.78, 5) is 24.9. The zero-order valence-corrected chi connectivity index (χ0v) is 17.3. The number of nitrogens with zero attached hydrogens (tertiary/aromatic N) is 3. The van der Waals surface area contributed by atoms with Crippen LogP contribution in [-0.2, 0) is 17.8 Å². The Morgan fingerprint density at radius 2 is 1.87 bits per heavy atom. The molecule has 8 heteroatoms. The molecule has 0 bridgehead atoms. The summed E-state index contributed by atoms with van der Waals surface area (Å²) < 4.78 is 16.6. The number of hydrogen-bond donors (Lipinski definition) is 2. The van der Waals surface area contributed by atoms with Crippen LogP contribution in [0.25, 0.3) is 11.4 Å². The van der Waals surface area contributed by atoms with Gasteiger partial charge >= 0.3 is 0 Å². The number of hydrogen-bond acceptors (Lipinski definition) is 4. The van der Waals surface area contributed by atoms with E-state index < -0.39 is 17.8 Å². The number of anilines is 1. The third-order valence-electron chi connectivity index (χ3n) is 5.36. The molecule has 1 unspecified atom stereocenters. The van der Waals surface area contributed by atoms with Crippen LogP contribution in [0, 0.1) is 5.82 Å². The van der Waals surface area contributed by atoms with Crippen molar-refractivity contribution in [2.45, 2.75) is 45.2 Å². The van der Waals surface area contributed by atoms with Crippen LogP contribution in [-0.4, -0.2) is 32.6 Å². The average molecular weight is 421 g/mol. The summed E-state index contributed by atoms with van der Waals surface area (Å²) in [7, 11) is 0. The van der Waals surface area contributed by atoms with Gasteiger partial charge in [0.1, 0.15) is 17.7 Å². The number of nitrogens with one attached hydrogen (secondary N) is 2. The lowest BCUT2D eigenvalue weighted by Crippen LogP contribution is -2.41. The van der Waals surface area contributed by atoms with Gasteiger partial charge in [-0.15, -0.1) is 10.2 Å². The zero-order valence-electron chi connectivity index (χ0n) is 17.3. The van der Waals surface area contributed by atoms with Gasteiger partial charge in [0.05, 0.1) is 5.56 Å². The Hall–Kier alpha value is -3.55. The number of aromatic nitrogens is 3. The summed E-state index contributed by atoms with van der Waals surface area (Å²) in [6.45, 7) is 2.34. The Kier molecular flexibility index (Phi) is 6.06. The van der Waals surface area contributed by atoms with E-state index >= 15 is 0 Å². The predicted octanol–water partition coefficient (Wildman–Crippen LogP) is 3.57. The molecule has 7 nitrogen and oxygen atoms in total. The Bertz CT molecular complexity index is 1100. The summed E-state index contributed by atoms with van der Waals surface area (Å²) in [5.41, 5.74) is 1.19. The van der Waals surface area contributed by atoms with Crippen LogP contribution in [0.15, 0.2) is 48.5 Å². The van der Waals surface area contributed by atoms with E-state index in [-0.39, 0.29) is 5.91 Å². The molecule has 0 aliphatic carbocycles. The van der Waals surface area contributed by atoms with Crippen LogP contribution in [0.5, 0.6) is 0 Å². The molecule has 31 heavy (non-hydrogen) atoms. The van der Waals surface area contributed by atoms with Crippen molar-refractivity contribution in [3.8, 4) is 11.4 Å². The third kappa shape index (κ3) is 4.63. The Morgan fingerprint density at radius 1 is 1.06 bits per heavy atom. The molecule has 2 heterocycles. The number of benzene rings is 2. The second-order valence-corrected chi connectivity index (χ2v) is 7.65. The smallest absolute Gasteiger partial charge is 0.251 e. The van der Waals surface area contributed by atoms with Crippen molar-refractivity contribution in [3.63, 3.8) is 0 Å². The molecule has 1 aliphatic rings. The first kappa shape index (κ1) is 20.7. The van der Waals surface area contributed by atoms with Gasteiger partial charge in [-0.3, -0.25) is 9.59 Å². The highest BCUT2D eigenvalue weighted by Crippen LogP contribution is 2.27. The van der Waals surface area contributed by atoms with Crippen LogP contribution in [0.1, 0.15) is 42.4 Å². The molecule has 1 atom stereocenters. The molecule has 1 aromatic heterocycles. The molecule has 0 saturated heterocycles. The Balaban J connectivity index is 1.49. The van der Waals surface area contributed by atoms with Gasteiger partial charge in [-0.25, -0.2) is 4.39 Å². The average Bonchev–Trinajstić information content (AvgIpc) is 3.03. The first-order chi connectivity index (χ1) is 15.0. The van der Waals surface area contributed by atoms with E-state index in [1.807, 2.05) is 10.6 Å². The van der Waals surface area contributed by atoms with Crippen molar-refractivity contribution in [3.05, 3.63) is 65.7 Å². The number of amides is 2. The van der Waals surface area contributed by atoms with E-state index in [9.17, 15) is 14.0 Å². The van der Waals surface area contributed by atoms with Crippen molar-refractivity contribution >= 4 is 17.5 Å². The maximum atomic E-state index is 14.6. The van der Waals surface area contributed by atoms with E-state index in [0.29, 0.717) is 22.6 Å². The normalized spacial score (nSPS) is 14.3. The largest absolute Gasteiger partial charge is 0.341 e. The minimum absolute atomic E-state index is 0.291. The Morgan fingerprint density at radius 3 is 2.68 bits per heavy atom. The molecular formula is C23H24FN5O2. The van der Waals surface area contributed by atoms with Gasteiger partial charge in [0.15, 0.2) is 5.82 Å². The lowest BCUT2D eigenvalue weighted by molar-refractivity contribution is -0.117. The van der Waals surface area contributed by atoms with E-state index in [2.05, 4.69) is 20.8 Å². The fourth-order valence-corrected chi connectivity index (χ4v) is 3.64. The molecule has 0 fully saturated rings. The monoisotopic (exact) mass is 421 g/mol. The fraction of sp³-hybridized carbons (Fsp3) is 0.304. The zero-order chi connectivity index (χ0) is 21.8. The Labute approximate surface area is 179 Å². The highest BCUT2D eigenvalue weighted by molar-refractivity contribution is 6.01. The fourth-order valence-electron chi connectivity index (χ4n) is 3.64. The van der Waals surface area contributed by atoms with Gasteiger partial charge in [0, 0.05) is 24.2 Å². The summed E-state index contributed by atoms with van der Waals surface area (Å²) >= 11 is 0. The molecule has 3 aromatic rings. The van der Waals surface area contributed by atoms with Crippen molar-refractivity contribution in [1.29, 1.82) is 0 Å². The second kappa shape index (κ2) is 9.07. The lowest BCUT2D eigenvalue weighted by Gasteiger charge is -2.15. The van der Waals surface area contributed by atoms with Gasteiger partial charge in [0.25, 0.3) is 5.91 Å². The molecular weight excluding hydrogens is 397 g/mol. The van der Waals surface area contributed by atoms with Gasteiger partial charge < -0.3 is 15.2 Å². The summed E-state index contributed by atoms with van der Waals surface area (Å²) in [5, 5.41) is 13.8. The molecule has 0 spiro atoms. The molecule has 4 rings (SSSR count). The van der Waals surface area contributed by atoms with Crippen LogP contribution in [0.3, 0.4) is 0 Å². The van der Waals surface area contributed by atoms with Crippen molar-refractivity contribution in [1.82, 2.24) is 20.1 Å². The number of carbonyl (C=O) groups is 2. The maximum absolute atomic E-state index is 14.6.